The molecule has 0 bridgehead atoms. The summed E-state index contributed by atoms with van der Waals surface area (Å²) in [7, 11) is 3.57. The summed E-state index contributed by atoms with van der Waals surface area (Å²) < 4.78 is 0. The molecule has 0 amide bonds. The second kappa shape index (κ2) is 6.00. The smallest absolute Gasteiger partial charge is 0.154 e. The molecule has 6 heteroatoms. The zero-order valence-corrected chi connectivity index (χ0v) is 12.5. The zero-order chi connectivity index (χ0) is 14.7. The summed E-state index contributed by atoms with van der Waals surface area (Å²) in [6.07, 6.45) is 0. The number of anilines is 3. The number of nitriles is 1. The lowest BCUT2D eigenvalue weighted by atomic mass is 10.2. The van der Waals surface area contributed by atoms with Crippen LogP contribution in [0, 0.1) is 11.3 Å². The van der Waals surface area contributed by atoms with E-state index < -0.39 is 0 Å². The van der Waals surface area contributed by atoms with Crippen LogP contribution >= 0.6 is 23.2 Å². The van der Waals surface area contributed by atoms with E-state index in [-0.39, 0.29) is 0 Å². The van der Waals surface area contributed by atoms with Gasteiger partial charge in [0, 0.05) is 19.8 Å². The van der Waals surface area contributed by atoms with Crippen molar-refractivity contribution in [3.05, 3.63) is 45.9 Å². The van der Waals surface area contributed by atoms with Crippen molar-refractivity contribution in [2.24, 2.45) is 0 Å². The molecule has 2 aromatic rings. The van der Waals surface area contributed by atoms with Gasteiger partial charge in [-0.3, -0.25) is 0 Å². The van der Waals surface area contributed by atoms with E-state index in [0.717, 1.165) is 5.69 Å². The Kier molecular flexibility index (Phi) is 4.33. The standard InChI is InChI=1S/C14H12Cl2N4/c1-18-13-11(15)7-12(16)14(19-13)20(2)10-5-3-4-9(6-10)8-17/h3-7H,1-2H3,(H,18,19). The largest absolute Gasteiger partial charge is 0.372 e. The molecule has 0 unspecified atom stereocenters. The minimum absolute atomic E-state index is 0.443. The molecule has 0 aliphatic carbocycles. The van der Waals surface area contributed by atoms with Gasteiger partial charge >= 0.3 is 0 Å². The third-order valence-corrected chi connectivity index (χ3v) is 3.39. The van der Waals surface area contributed by atoms with Crippen LogP contribution in [0.2, 0.25) is 10.0 Å². The molecule has 0 aliphatic rings. The molecule has 20 heavy (non-hydrogen) atoms. The number of aromatic nitrogens is 1. The van der Waals surface area contributed by atoms with E-state index in [4.69, 9.17) is 28.5 Å². The number of rotatable bonds is 3. The van der Waals surface area contributed by atoms with E-state index in [1.165, 1.54) is 0 Å². The van der Waals surface area contributed by atoms with Gasteiger partial charge in [-0.05, 0) is 24.3 Å². The first-order valence-electron chi connectivity index (χ1n) is 5.84. The molecule has 0 saturated carbocycles. The lowest BCUT2D eigenvalue weighted by molar-refractivity contribution is 1.12. The molecule has 0 saturated heterocycles. The molecule has 1 N–H and O–H groups in total. The van der Waals surface area contributed by atoms with Crippen molar-refractivity contribution in [2.45, 2.75) is 0 Å². The zero-order valence-electron chi connectivity index (χ0n) is 11.0. The van der Waals surface area contributed by atoms with Crippen molar-refractivity contribution >= 4 is 40.5 Å². The SMILES string of the molecule is CNc1nc(N(C)c2cccc(C#N)c2)c(Cl)cc1Cl. The van der Waals surface area contributed by atoms with E-state index in [0.29, 0.717) is 27.2 Å². The van der Waals surface area contributed by atoms with Gasteiger partial charge in [0.2, 0.25) is 0 Å². The van der Waals surface area contributed by atoms with Crippen LogP contribution in [0.1, 0.15) is 5.56 Å². The third-order valence-electron chi connectivity index (χ3n) is 2.83. The fourth-order valence-corrected chi connectivity index (χ4v) is 2.35. The van der Waals surface area contributed by atoms with Crippen LogP contribution in [-0.2, 0) is 0 Å². The van der Waals surface area contributed by atoms with Crippen molar-refractivity contribution in [3.63, 3.8) is 0 Å². The molecular formula is C14H12Cl2N4. The molecule has 0 spiro atoms. The Hall–Kier alpha value is -1.96. The van der Waals surface area contributed by atoms with Gasteiger partial charge in [0.25, 0.3) is 0 Å². The maximum absolute atomic E-state index is 8.95. The first kappa shape index (κ1) is 14.4. The molecule has 0 aliphatic heterocycles. The summed E-state index contributed by atoms with van der Waals surface area (Å²) in [5.41, 5.74) is 1.40. The average molecular weight is 307 g/mol. The molecule has 0 fully saturated rings. The van der Waals surface area contributed by atoms with E-state index in [1.54, 1.807) is 30.1 Å². The number of halogens is 2. The fraction of sp³-hybridized carbons (Fsp3) is 0.143. The number of hydrogen-bond donors (Lipinski definition) is 1. The summed E-state index contributed by atoms with van der Waals surface area (Å²) in [6, 6.07) is 11.0. The minimum atomic E-state index is 0.443. The Balaban J connectivity index is 2.47. The number of nitrogens with one attached hydrogen (secondary N) is 1. The summed E-state index contributed by atoms with van der Waals surface area (Å²) >= 11 is 12.2. The van der Waals surface area contributed by atoms with Crippen molar-refractivity contribution in [1.82, 2.24) is 4.98 Å². The molecule has 0 atom stereocenters. The molecule has 4 nitrogen and oxygen atoms in total. The molecule has 1 aromatic carbocycles. The average Bonchev–Trinajstić information content (AvgIpc) is 2.47. The molecule has 2 rings (SSSR count). The van der Waals surface area contributed by atoms with E-state index in [2.05, 4.69) is 16.4 Å². The highest BCUT2D eigenvalue weighted by Crippen LogP contribution is 2.34. The van der Waals surface area contributed by atoms with Crippen LogP contribution in [0.25, 0.3) is 0 Å². The van der Waals surface area contributed by atoms with Gasteiger partial charge < -0.3 is 10.2 Å². The lowest BCUT2D eigenvalue weighted by Crippen LogP contribution is -2.13. The van der Waals surface area contributed by atoms with Crippen LogP contribution in [-0.4, -0.2) is 19.1 Å². The van der Waals surface area contributed by atoms with Crippen LogP contribution in [0.5, 0.6) is 0 Å². The summed E-state index contributed by atoms with van der Waals surface area (Å²) in [5.74, 6) is 1.12. The predicted molar refractivity (Wildman–Crippen MR) is 83.0 cm³/mol. The summed E-state index contributed by atoms with van der Waals surface area (Å²) in [5, 5.41) is 12.8. The van der Waals surface area contributed by atoms with Crippen LogP contribution in [0.4, 0.5) is 17.3 Å². The number of hydrogen-bond acceptors (Lipinski definition) is 4. The van der Waals surface area contributed by atoms with Crippen molar-refractivity contribution in [1.29, 1.82) is 5.26 Å². The second-order valence-electron chi connectivity index (χ2n) is 4.10. The first-order chi connectivity index (χ1) is 9.56. The van der Waals surface area contributed by atoms with Crippen molar-refractivity contribution in [3.8, 4) is 6.07 Å². The highest BCUT2D eigenvalue weighted by molar-refractivity contribution is 6.37. The Morgan fingerprint density at radius 1 is 1.25 bits per heavy atom. The third kappa shape index (κ3) is 2.79. The predicted octanol–water partition coefficient (Wildman–Crippen LogP) is 4.07. The topological polar surface area (TPSA) is 52.0 Å². The van der Waals surface area contributed by atoms with Gasteiger partial charge in [0.1, 0.15) is 5.82 Å². The maximum Gasteiger partial charge on any atom is 0.154 e. The Morgan fingerprint density at radius 3 is 2.65 bits per heavy atom. The molecule has 1 heterocycles. The van der Waals surface area contributed by atoms with Crippen molar-refractivity contribution < 1.29 is 0 Å². The van der Waals surface area contributed by atoms with Crippen LogP contribution in [0.3, 0.4) is 0 Å². The highest BCUT2D eigenvalue weighted by atomic mass is 35.5. The van der Waals surface area contributed by atoms with E-state index >= 15 is 0 Å². The Morgan fingerprint density at radius 2 is 2.00 bits per heavy atom. The number of nitrogens with zero attached hydrogens (tertiary/aromatic N) is 3. The van der Waals surface area contributed by atoms with E-state index in [1.807, 2.05) is 19.2 Å². The van der Waals surface area contributed by atoms with E-state index in [9.17, 15) is 0 Å². The summed E-state index contributed by atoms with van der Waals surface area (Å²) in [4.78, 5) is 6.20. The van der Waals surface area contributed by atoms with Gasteiger partial charge in [-0.1, -0.05) is 29.3 Å². The fourth-order valence-electron chi connectivity index (χ4n) is 1.77. The Bertz CT molecular complexity index is 679. The highest BCUT2D eigenvalue weighted by Gasteiger charge is 2.14. The van der Waals surface area contributed by atoms with Crippen LogP contribution < -0.4 is 10.2 Å². The maximum atomic E-state index is 8.95. The normalized spacial score (nSPS) is 9.95. The number of benzene rings is 1. The van der Waals surface area contributed by atoms with Gasteiger partial charge in [0.15, 0.2) is 5.82 Å². The molecule has 102 valence electrons. The number of pyridine rings is 1. The van der Waals surface area contributed by atoms with Crippen molar-refractivity contribution in [2.75, 3.05) is 24.3 Å². The lowest BCUT2D eigenvalue weighted by Gasteiger charge is -2.20. The molecule has 1 aromatic heterocycles. The monoisotopic (exact) mass is 306 g/mol. The second-order valence-corrected chi connectivity index (χ2v) is 4.91. The van der Waals surface area contributed by atoms with Crippen LogP contribution in [0.15, 0.2) is 30.3 Å². The molecule has 0 radical (unpaired) electrons. The van der Waals surface area contributed by atoms with Gasteiger partial charge in [-0.15, -0.1) is 0 Å². The summed E-state index contributed by atoms with van der Waals surface area (Å²) in [6.45, 7) is 0. The van der Waals surface area contributed by atoms with Gasteiger partial charge in [-0.2, -0.15) is 5.26 Å². The first-order valence-corrected chi connectivity index (χ1v) is 6.60. The van der Waals surface area contributed by atoms with Gasteiger partial charge in [-0.25, -0.2) is 4.98 Å². The molecular weight excluding hydrogens is 295 g/mol. The Labute approximate surface area is 127 Å². The van der Waals surface area contributed by atoms with Gasteiger partial charge in [0.05, 0.1) is 21.7 Å². The minimum Gasteiger partial charge on any atom is -0.372 e. The quantitative estimate of drug-likeness (QED) is 0.928.